The highest BCUT2D eigenvalue weighted by Gasteiger charge is 2.16. The van der Waals surface area contributed by atoms with Crippen LogP contribution in [0, 0.1) is 6.92 Å². The fourth-order valence-electron chi connectivity index (χ4n) is 3.02. The first-order chi connectivity index (χ1) is 12.6. The number of piperazine rings is 1. The van der Waals surface area contributed by atoms with Crippen LogP contribution >= 0.6 is 0 Å². The molecule has 2 aromatic rings. The minimum atomic E-state index is 0.652. The van der Waals surface area contributed by atoms with Crippen molar-refractivity contribution in [1.82, 2.24) is 14.9 Å². The molecule has 26 heavy (non-hydrogen) atoms. The summed E-state index contributed by atoms with van der Waals surface area (Å²) in [4.78, 5) is 13.8. The molecule has 0 bridgehead atoms. The summed E-state index contributed by atoms with van der Waals surface area (Å²) in [5.74, 6) is 4.05. The number of anilines is 2. The number of aryl methyl sites for hydroxylation is 1. The standard InChI is InChI=1S/C19H27N5O2/c1-14-21-18(12-19(22-14)24-9-7-23(2)8-10-24)20-13-15-5-6-16(25-3)17(11-15)26-4/h5-6,11-12H,7-10,13H2,1-4H3,(H,20,21,22). The molecular weight excluding hydrogens is 330 g/mol. The number of nitrogens with one attached hydrogen (secondary N) is 1. The molecule has 1 fully saturated rings. The lowest BCUT2D eigenvalue weighted by molar-refractivity contribution is 0.312. The van der Waals surface area contributed by atoms with Gasteiger partial charge in [-0.05, 0) is 31.7 Å². The van der Waals surface area contributed by atoms with Crippen LogP contribution in [0.3, 0.4) is 0 Å². The Morgan fingerprint density at radius 1 is 1.00 bits per heavy atom. The van der Waals surface area contributed by atoms with E-state index in [1.54, 1.807) is 14.2 Å². The van der Waals surface area contributed by atoms with Crippen molar-refractivity contribution in [2.24, 2.45) is 0 Å². The fraction of sp³-hybridized carbons (Fsp3) is 0.474. The van der Waals surface area contributed by atoms with Crippen LogP contribution in [-0.2, 0) is 6.54 Å². The lowest BCUT2D eigenvalue weighted by Gasteiger charge is -2.33. The second kappa shape index (κ2) is 8.23. The van der Waals surface area contributed by atoms with E-state index in [0.717, 1.165) is 60.7 Å². The number of nitrogens with zero attached hydrogens (tertiary/aromatic N) is 4. The Hall–Kier alpha value is -2.54. The molecule has 1 aliphatic rings. The van der Waals surface area contributed by atoms with Gasteiger partial charge >= 0.3 is 0 Å². The van der Waals surface area contributed by atoms with E-state index in [1.165, 1.54) is 0 Å². The number of aromatic nitrogens is 2. The first kappa shape index (κ1) is 18.3. The van der Waals surface area contributed by atoms with Gasteiger partial charge in [-0.2, -0.15) is 0 Å². The van der Waals surface area contributed by atoms with Gasteiger partial charge in [0, 0.05) is 38.8 Å². The van der Waals surface area contributed by atoms with E-state index in [0.29, 0.717) is 6.54 Å². The normalized spacial score (nSPS) is 15.0. The molecule has 7 nitrogen and oxygen atoms in total. The minimum Gasteiger partial charge on any atom is -0.493 e. The molecule has 0 saturated carbocycles. The van der Waals surface area contributed by atoms with E-state index >= 15 is 0 Å². The largest absolute Gasteiger partial charge is 0.493 e. The molecule has 1 aromatic heterocycles. The van der Waals surface area contributed by atoms with Crippen LogP contribution in [0.4, 0.5) is 11.6 Å². The van der Waals surface area contributed by atoms with E-state index in [2.05, 4.69) is 32.1 Å². The molecule has 0 atom stereocenters. The molecule has 1 aromatic carbocycles. The smallest absolute Gasteiger partial charge is 0.161 e. The summed E-state index contributed by atoms with van der Waals surface area (Å²) in [5.41, 5.74) is 1.10. The highest BCUT2D eigenvalue weighted by atomic mass is 16.5. The van der Waals surface area contributed by atoms with Crippen molar-refractivity contribution in [3.63, 3.8) is 0 Å². The first-order valence-electron chi connectivity index (χ1n) is 8.83. The van der Waals surface area contributed by atoms with Crippen molar-refractivity contribution in [3.05, 3.63) is 35.7 Å². The summed E-state index contributed by atoms with van der Waals surface area (Å²) in [5, 5.41) is 3.39. The van der Waals surface area contributed by atoms with Gasteiger partial charge in [-0.25, -0.2) is 9.97 Å². The lowest BCUT2D eigenvalue weighted by Crippen LogP contribution is -2.44. The quantitative estimate of drug-likeness (QED) is 0.850. The van der Waals surface area contributed by atoms with Crippen molar-refractivity contribution in [2.75, 3.05) is 57.7 Å². The highest BCUT2D eigenvalue weighted by molar-refractivity contribution is 5.50. The number of ether oxygens (including phenoxy) is 2. The van der Waals surface area contributed by atoms with Crippen molar-refractivity contribution in [1.29, 1.82) is 0 Å². The number of hydrogen-bond acceptors (Lipinski definition) is 7. The van der Waals surface area contributed by atoms with E-state index in [4.69, 9.17) is 9.47 Å². The van der Waals surface area contributed by atoms with Crippen molar-refractivity contribution in [2.45, 2.75) is 13.5 Å². The van der Waals surface area contributed by atoms with Crippen molar-refractivity contribution >= 4 is 11.6 Å². The van der Waals surface area contributed by atoms with Gasteiger partial charge in [0.2, 0.25) is 0 Å². The molecule has 1 aliphatic heterocycles. The second-order valence-corrected chi connectivity index (χ2v) is 6.49. The minimum absolute atomic E-state index is 0.652. The Bertz CT molecular complexity index is 745. The van der Waals surface area contributed by atoms with E-state index in [1.807, 2.05) is 31.2 Å². The Morgan fingerprint density at radius 2 is 1.73 bits per heavy atom. The number of likely N-dealkylation sites (N-methyl/N-ethyl adjacent to an activating group) is 1. The average Bonchev–Trinajstić information content (AvgIpc) is 2.66. The maximum atomic E-state index is 5.37. The molecule has 2 heterocycles. The first-order valence-corrected chi connectivity index (χ1v) is 8.83. The monoisotopic (exact) mass is 357 g/mol. The average molecular weight is 357 g/mol. The highest BCUT2D eigenvalue weighted by Crippen LogP contribution is 2.28. The maximum Gasteiger partial charge on any atom is 0.161 e. The van der Waals surface area contributed by atoms with Crippen LogP contribution < -0.4 is 19.7 Å². The molecule has 3 rings (SSSR count). The van der Waals surface area contributed by atoms with Gasteiger partial charge in [-0.15, -0.1) is 0 Å². The summed E-state index contributed by atoms with van der Waals surface area (Å²) in [7, 11) is 5.43. The van der Waals surface area contributed by atoms with E-state index in [9.17, 15) is 0 Å². The second-order valence-electron chi connectivity index (χ2n) is 6.49. The number of rotatable bonds is 6. The van der Waals surface area contributed by atoms with Crippen LogP contribution in [-0.4, -0.2) is 62.3 Å². The Balaban J connectivity index is 1.70. The van der Waals surface area contributed by atoms with Gasteiger partial charge in [0.25, 0.3) is 0 Å². The third-order valence-electron chi connectivity index (χ3n) is 4.57. The van der Waals surface area contributed by atoms with Gasteiger partial charge in [-0.3, -0.25) is 0 Å². The fourth-order valence-corrected chi connectivity index (χ4v) is 3.02. The van der Waals surface area contributed by atoms with Crippen LogP contribution in [0.2, 0.25) is 0 Å². The zero-order chi connectivity index (χ0) is 18.5. The number of methoxy groups -OCH3 is 2. The van der Waals surface area contributed by atoms with Crippen LogP contribution in [0.1, 0.15) is 11.4 Å². The third kappa shape index (κ3) is 4.35. The van der Waals surface area contributed by atoms with Gasteiger partial charge in [0.15, 0.2) is 11.5 Å². The van der Waals surface area contributed by atoms with Gasteiger partial charge in [-0.1, -0.05) is 6.07 Å². The summed E-state index contributed by atoms with van der Waals surface area (Å²) < 4.78 is 10.7. The van der Waals surface area contributed by atoms with Gasteiger partial charge in [0.05, 0.1) is 14.2 Å². The summed E-state index contributed by atoms with van der Waals surface area (Å²) in [6, 6.07) is 7.93. The summed E-state index contributed by atoms with van der Waals surface area (Å²) in [6.45, 7) is 6.67. The van der Waals surface area contributed by atoms with Crippen LogP contribution in [0.25, 0.3) is 0 Å². The zero-order valence-electron chi connectivity index (χ0n) is 16.0. The topological polar surface area (TPSA) is 62.8 Å². The van der Waals surface area contributed by atoms with Crippen LogP contribution in [0.5, 0.6) is 11.5 Å². The predicted molar refractivity (Wildman–Crippen MR) is 103 cm³/mol. The van der Waals surface area contributed by atoms with Crippen LogP contribution in [0.15, 0.2) is 24.3 Å². The van der Waals surface area contributed by atoms with E-state index in [-0.39, 0.29) is 0 Å². The van der Waals surface area contributed by atoms with Crippen molar-refractivity contribution in [3.8, 4) is 11.5 Å². The molecule has 0 amide bonds. The van der Waals surface area contributed by atoms with Gasteiger partial charge < -0.3 is 24.6 Å². The maximum absolute atomic E-state index is 5.37. The molecule has 7 heteroatoms. The van der Waals surface area contributed by atoms with Gasteiger partial charge in [0.1, 0.15) is 17.5 Å². The molecule has 0 radical (unpaired) electrons. The molecule has 1 N–H and O–H groups in total. The third-order valence-corrected chi connectivity index (χ3v) is 4.57. The summed E-state index contributed by atoms with van der Waals surface area (Å²) in [6.07, 6.45) is 0. The molecule has 1 saturated heterocycles. The van der Waals surface area contributed by atoms with Crippen molar-refractivity contribution < 1.29 is 9.47 Å². The molecular formula is C19H27N5O2. The van der Waals surface area contributed by atoms with E-state index < -0.39 is 0 Å². The number of hydrogen-bond donors (Lipinski definition) is 1. The molecule has 0 unspecified atom stereocenters. The predicted octanol–water partition coefficient (Wildman–Crippen LogP) is 2.17. The number of benzene rings is 1. The zero-order valence-corrected chi connectivity index (χ0v) is 16.0. The SMILES string of the molecule is COc1ccc(CNc2cc(N3CCN(C)CC3)nc(C)n2)cc1OC. The summed E-state index contributed by atoms with van der Waals surface area (Å²) >= 11 is 0. The lowest BCUT2D eigenvalue weighted by atomic mass is 10.2. The Kier molecular flexibility index (Phi) is 5.78. The Labute approximate surface area is 155 Å². The molecule has 0 aliphatic carbocycles. The molecule has 0 spiro atoms. The Morgan fingerprint density at radius 3 is 2.42 bits per heavy atom. The molecule has 140 valence electrons.